The maximum absolute atomic E-state index is 12.8. The second-order valence-electron chi connectivity index (χ2n) is 10.7. The number of aryl methyl sites for hydroxylation is 1. The molecule has 0 aliphatic carbocycles. The predicted molar refractivity (Wildman–Crippen MR) is 174 cm³/mol. The molecular weight excluding hydrogens is 552 g/mol. The van der Waals surface area contributed by atoms with Crippen LogP contribution in [-0.2, 0) is 15.9 Å². The summed E-state index contributed by atoms with van der Waals surface area (Å²) >= 11 is 0. The highest BCUT2D eigenvalue weighted by Gasteiger charge is 2.22. The lowest BCUT2D eigenvalue weighted by Crippen LogP contribution is -2.25. The topological polar surface area (TPSA) is 71.1 Å². The number of esters is 2. The van der Waals surface area contributed by atoms with Crippen molar-refractivity contribution in [1.82, 2.24) is 0 Å². The molecule has 44 heavy (non-hydrogen) atoms. The van der Waals surface area contributed by atoms with Gasteiger partial charge in [-0.3, -0.25) is 0 Å². The van der Waals surface area contributed by atoms with Crippen LogP contribution in [0.25, 0.3) is 21.5 Å². The molecule has 0 saturated heterocycles. The standard InChI is InChI=1S/C38H38O6/c1-4-26-21-22-33-34(23-26)36(42-25-30(6-3)44-38(40)28-17-11-8-12-18-28)32-20-14-13-19-31(32)35(33)41-24-29(5-2)43-37(39)27-15-9-7-10-16-27/h7-23,29-30H,4-6,24-25H2,1-3H3. The van der Waals surface area contributed by atoms with Crippen LogP contribution < -0.4 is 9.47 Å². The van der Waals surface area contributed by atoms with E-state index in [1.54, 1.807) is 24.3 Å². The van der Waals surface area contributed by atoms with Gasteiger partial charge in [0, 0.05) is 21.5 Å². The lowest BCUT2D eigenvalue weighted by Gasteiger charge is -2.22. The van der Waals surface area contributed by atoms with Crippen molar-refractivity contribution in [1.29, 1.82) is 0 Å². The van der Waals surface area contributed by atoms with E-state index in [4.69, 9.17) is 18.9 Å². The van der Waals surface area contributed by atoms with Crippen LogP contribution >= 0.6 is 0 Å². The molecule has 0 aliphatic rings. The monoisotopic (exact) mass is 590 g/mol. The largest absolute Gasteiger partial charge is 0.488 e. The summed E-state index contributed by atoms with van der Waals surface area (Å²) in [5.74, 6) is 0.689. The summed E-state index contributed by atoms with van der Waals surface area (Å²) < 4.78 is 24.6. The molecule has 0 amide bonds. The average Bonchev–Trinajstić information content (AvgIpc) is 3.08. The van der Waals surface area contributed by atoms with Crippen LogP contribution in [-0.4, -0.2) is 37.4 Å². The summed E-state index contributed by atoms with van der Waals surface area (Å²) in [6.07, 6.45) is 1.22. The molecule has 0 heterocycles. The molecule has 0 fully saturated rings. The third-order valence-electron chi connectivity index (χ3n) is 7.70. The maximum Gasteiger partial charge on any atom is 0.338 e. The zero-order valence-electron chi connectivity index (χ0n) is 25.5. The van der Waals surface area contributed by atoms with Crippen molar-refractivity contribution >= 4 is 33.5 Å². The van der Waals surface area contributed by atoms with Crippen molar-refractivity contribution in [3.63, 3.8) is 0 Å². The Morgan fingerprint density at radius 1 is 0.545 bits per heavy atom. The Balaban J connectivity index is 1.44. The minimum Gasteiger partial charge on any atom is -0.488 e. The molecule has 0 bridgehead atoms. The Bertz CT molecular complexity index is 1710. The molecule has 0 aromatic heterocycles. The Morgan fingerprint density at radius 2 is 0.977 bits per heavy atom. The van der Waals surface area contributed by atoms with Gasteiger partial charge in [-0.15, -0.1) is 0 Å². The fourth-order valence-corrected chi connectivity index (χ4v) is 5.09. The lowest BCUT2D eigenvalue weighted by molar-refractivity contribution is 0.0159. The second-order valence-corrected chi connectivity index (χ2v) is 10.7. The molecule has 2 unspecified atom stereocenters. The molecule has 0 spiro atoms. The number of hydrogen-bond acceptors (Lipinski definition) is 6. The zero-order chi connectivity index (χ0) is 30.9. The van der Waals surface area contributed by atoms with Crippen molar-refractivity contribution in [3.05, 3.63) is 120 Å². The SMILES string of the molecule is CCc1ccc2c(OCC(CC)OC(=O)c3ccccc3)c3ccccc3c(OCC(CC)OC(=O)c3ccccc3)c2c1. The van der Waals surface area contributed by atoms with Crippen molar-refractivity contribution < 1.29 is 28.5 Å². The molecule has 6 heteroatoms. The normalized spacial score (nSPS) is 12.4. The Labute approximate surface area is 258 Å². The van der Waals surface area contributed by atoms with E-state index in [-0.39, 0.29) is 25.2 Å². The highest BCUT2D eigenvalue weighted by atomic mass is 16.6. The predicted octanol–water partition coefficient (Wildman–Crippen LogP) is 8.58. The molecule has 5 aromatic carbocycles. The van der Waals surface area contributed by atoms with Crippen molar-refractivity contribution in [2.75, 3.05) is 13.2 Å². The van der Waals surface area contributed by atoms with Gasteiger partial charge in [-0.05, 0) is 55.2 Å². The third-order valence-corrected chi connectivity index (χ3v) is 7.70. The third kappa shape index (κ3) is 7.03. The minimum absolute atomic E-state index is 0.206. The number of fused-ring (bicyclic) bond motifs is 2. The van der Waals surface area contributed by atoms with E-state index in [0.717, 1.165) is 39.3 Å². The van der Waals surface area contributed by atoms with Gasteiger partial charge in [-0.2, -0.15) is 0 Å². The van der Waals surface area contributed by atoms with Crippen LogP contribution in [0, 0.1) is 0 Å². The van der Waals surface area contributed by atoms with Crippen LogP contribution in [0.4, 0.5) is 0 Å². The molecule has 2 atom stereocenters. The Hall–Kier alpha value is -4.84. The van der Waals surface area contributed by atoms with Crippen molar-refractivity contribution in [2.24, 2.45) is 0 Å². The molecule has 0 saturated carbocycles. The number of rotatable bonds is 13. The van der Waals surface area contributed by atoms with Crippen LogP contribution in [0.15, 0.2) is 103 Å². The first kappa shape index (κ1) is 30.6. The van der Waals surface area contributed by atoms with Gasteiger partial charge < -0.3 is 18.9 Å². The van der Waals surface area contributed by atoms with Crippen LogP contribution in [0.2, 0.25) is 0 Å². The van der Waals surface area contributed by atoms with Crippen molar-refractivity contribution in [3.8, 4) is 11.5 Å². The van der Waals surface area contributed by atoms with Crippen molar-refractivity contribution in [2.45, 2.75) is 52.2 Å². The number of hydrogen-bond donors (Lipinski definition) is 0. The zero-order valence-corrected chi connectivity index (χ0v) is 25.5. The number of ether oxygens (including phenoxy) is 4. The number of carbonyl (C=O) groups excluding carboxylic acids is 2. The van der Waals surface area contributed by atoms with Gasteiger partial charge in [0.15, 0.2) is 0 Å². The molecule has 0 aliphatic heterocycles. The van der Waals surface area contributed by atoms with E-state index < -0.39 is 12.2 Å². The number of carbonyl (C=O) groups is 2. The average molecular weight is 591 g/mol. The van der Waals surface area contributed by atoms with E-state index >= 15 is 0 Å². The molecule has 5 rings (SSSR count). The van der Waals surface area contributed by atoms with E-state index in [2.05, 4.69) is 25.1 Å². The molecule has 5 aromatic rings. The molecule has 226 valence electrons. The van der Waals surface area contributed by atoms with Gasteiger partial charge in [0.2, 0.25) is 0 Å². The molecule has 0 N–H and O–H groups in total. The van der Waals surface area contributed by atoms with Gasteiger partial charge in [0.05, 0.1) is 11.1 Å². The first-order valence-electron chi connectivity index (χ1n) is 15.3. The summed E-state index contributed by atoms with van der Waals surface area (Å²) in [6, 6.07) is 32.2. The van der Waals surface area contributed by atoms with Gasteiger partial charge in [-0.25, -0.2) is 9.59 Å². The van der Waals surface area contributed by atoms with Crippen LogP contribution in [0.1, 0.15) is 59.9 Å². The van der Waals surface area contributed by atoms with Crippen LogP contribution in [0.5, 0.6) is 11.5 Å². The quantitative estimate of drug-likeness (QED) is 0.101. The van der Waals surface area contributed by atoms with E-state index in [0.29, 0.717) is 29.7 Å². The lowest BCUT2D eigenvalue weighted by atomic mass is 9.98. The summed E-state index contributed by atoms with van der Waals surface area (Å²) in [5.41, 5.74) is 2.18. The van der Waals surface area contributed by atoms with E-state index in [1.165, 1.54) is 0 Å². The summed E-state index contributed by atoms with van der Waals surface area (Å²) in [7, 11) is 0. The van der Waals surface area contributed by atoms with Gasteiger partial charge in [0.1, 0.15) is 36.9 Å². The Kier molecular flexibility index (Phi) is 10.1. The van der Waals surface area contributed by atoms with Crippen LogP contribution in [0.3, 0.4) is 0 Å². The fraction of sp³-hybridized carbons (Fsp3) is 0.263. The van der Waals surface area contributed by atoms with Gasteiger partial charge in [-0.1, -0.05) is 93.6 Å². The smallest absolute Gasteiger partial charge is 0.338 e. The first-order chi connectivity index (χ1) is 21.5. The Morgan fingerprint density at radius 3 is 1.43 bits per heavy atom. The molecular formula is C38H38O6. The molecule has 6 nitrogen and oxygen atoms in total. The first-order valence-corrected chi connectivity index (χ1v) is 15.3. The van der Waals surface area contributed by atoms with E-state index in [9.17, 15) is 9.59 Å². The highest BCUT2D eigenvalue weighted by Crippen LogP contribution is 2.43. The molecule has 0 radical (unpaired) electrons. The maximum atomic E-state index is 12.8. The fourth-order valence-electron chi connectivity index (χ4n) is 5.09. The summed E-state index contributed by atoms with van der Waals surface area (Å²) in [5, 5.41) is 3.59. The summed E-state index contributed by atoms with van der Waals surface area (Å²) in [6.45, 7) is 6.48. The summed E-state index contributed by atoms with van der Waals surface area (Å²) in [4.78, 5) is 25.5. The van der Waals surface area contributed by atoms with E-state index in [1.807, 2.05) is 74.5 Å². The minimum atomic E-state index is -0.425. The number of benzene rings is 5. The highest BCUT2D eigenvalue weighted by molar-refractivity contribution is 6.11. The second kappa shape index (κ2) is 14.6. The van der Waals surface area contributed by atoms with Gasteiger partial charge in [0.25, 0.3) is 0 Å². The van der Waals surface area contributed by atoms with Gasteiger partial charge >= 0.3 is 11.9 Å².